The molecule has 0 unspecified atom stereocenters. The number of allylic oxidation sites excluding steroid dienone is 1. The smallest absolute Gasteiger partial charge is 0.0157 e. The van der Waals surface area contributed by atoms with Gasteiger partial charge in [-0.3, -0.25) is 0 Å². The van der Waals surface area contributed by atoms with Gasteiger partial charge < -0.3 is 0 Å². The van der Waals surface area contributed by atoms with E-state index in [-0.39, 0.29) is 0 Å². The van der Waals surface area contributed by atoms with Gasteiger partial charge in [-0.25, -0.2) is 0 Å². The van der Waals surface area contributed by atoms with Crippen molar-refractivity contribution in [3.8, 4) is 0 Å². The second-order valence-corrected chi connectivity index (χ2v) is 10.4. The lowest BCUT2D eigenvalue weighted by molar-refractivity contribution is 0.327. The third kappa shape index (κ3) is 4.91. The van der Waals surface area contributed by atoms with Crippen molar-refractivity contribution in [3.05, 3.63) is 72.1 Å². The Labute approximate surface area is 166 Å². The molecule has 0 spiro atoms. The molecule has 2 aromatic carbocycles. The molecule has 0 aliphatic heterocycles. The number of benzene rings is 2. The Kier molecular flexibility index (Phi) is 6.81. The monoisotopic (exact) mass is 376 g/mol. The van der Waals surface area contributed by atoms with Gasteiger partial charge in [0, 0.05) is 0 Å². The topological polar surface area (TPSA) is 0 Å². The molecule has 2 fully saturated rings. The summed E-state index contributed by atoms with van der Waals surface area (Å²) in [6.45, 7) is 0. The van der Waals surface area contributed by atoms with E-state index in [1.165, 1.54) is 74.8 Å². The van der Waals surface area contributed by atoms with Crippen LogP contribution < -0.4 is 10.6 Å². The zero-order valence-electron chi connectivity index (χ0n) is 16.5. The molecule has 27 heavy (non-hydrogen) atoms. The third-order valence-electron chi connectivity index (χ3n) is 6.50. The van der Waals surface area contributed by atoms with Crippen LogP contribution in [0.5, 0.6) is 0 Å². The van der Waals surface area contributed by atoms with Gasteiger partial charge in [-0.15, -0.1) is 0 Å². The van der Waals surface area contributed by atoms with Crippen LogP contribution in [0.3, 0.4) is 0 Å². The molecule has 2 aliphatic carbocycles. The standard InChI is InChI=1S/C26H33P/c1-5-13-22(14-6-1)26(23-15-7-2-8-16-23)21-27(24-17-9-3-10-18-24)25-19-11-4-12-20-25/h3-4,9-12,17-23H,1-2,5-8,13-16H2. The number of hydrogen-bond donors (Lipinski definition) is 0. The lowest BCUT2D eigenvalue weighted by atomic mass is 9.74. The predicted octanol–water partition coefficient (Wildman–Crippen LogP) is 7.16. The van der Waals surface area contributed by atoms with Crippen molar-refractivity contribution in [2.45, 2.75) is 64.2 Å². The highest BCUT2D eigenvalue weighted by atomic mass is 31.1. The van der Waals surface area contributed by atoms with E-state index in [0.29, 0.717) is 0 Å². The molecule has 142 valence electrons. The molecule has 2 aromatic rings. The summed E-state index contributed by atoms with van der Waals surface area (Å²) >= 11 is 0. The van der Waals surface area contributed by atoms with Gasteiger partial charge in [-0.05, 0) is 56.0 Å². The Morgan fingerprint density at radius 2 is 1.00 bits per heavy atom. The van der Waals surface area contributed by atoms with Gasteiger partial charge in [0.25, 0.3) is 0 Å². The molecule has 2 aliphatic rings. The molecule has 0 N–H and O–H groups in total. The normalized spacial score (nSPS) is 19.1. The fraction of sp³-hybridized carbons (Fsp3) is 0.462. The molecular weight excluding hydrogens is 343 g/mol. The first-order valence-electron chi connectivity index (χ1n) is 11.0. The van der Waals surface area contributed by atoms with Crippen molar-refractivity contribution >= 4 is 18.5 Å². The Morgan fingerprint density at radius 1 is 0.593 bits per heavy atom. The molecule has 2 saturated carbocycles. The van der Waals surface area contributed by atoms with Crippen molar-refractivity contribution in [2.75, 3.05) is 0 Å². The maximum Gasteiger partial charge on any atom is -0.0157 e. The fourth-order valence-electron chi connectivity index (χ4n) is 5.04. The molecule has 0 heterocycles. The minimum Gasteiger partial charge on any atom is -0.0629 e. The Morgan fingerprint density at radius 3 is 1.41 bits per heavy atom. The van der Waals surface area contributed by atoms with E-state index in [4.69, 9.17) is 0 Å². The van der Waals surface area contributed by atoms with E-state index in [0.717, 1.165) is 11.8 Å². The molecule has 0 saturated heterocycles. The largest absolute Gasteiger partial charge is 0.0629 e. The van der Waals surface area contributed by atoms with E-state index in [1.54, 1.807) is 0 Å². The number of hydrogen-bond acceptors (Lipinski definition) is 0. The van der Waals surface area contributed by atoms with Crippen LogP contribution in [0.1, 0.15) is 64.2 Å². The van der Waals surface area contributed by atoms with Gasteiger partial charge in [0.1, 0.15) is 0 Å². The second-order valence-electron chi connectivity index (χ2n) is 8.34. The highest BCUT2D eigenvalue weighted by Crippen LogP contribution is 2.45. The van der Waals surface area contributed by atoms with Crippen molar-refractivity contribution in [1.82, 2.24) is 0 Å². The molecule has 1 heteroatoms. The first kappa shape index (κ1) is 18.9. The maximum absolute atomic E-state index is 2.77. The van der Waals surface area contributed by atoms with Crippen LogP contribution in [0.4, 0.5) is 0 Å². The minimum absolute atomic E-state index is 0.402. The van der Waals surface area contributed by atoms with Crippen LogP contribution >= 0.6 is 7.92 Å². The van der Waals surface area contributed by atoms with Gasteiger partial charge in [0.15, 0.2) is 0 Å². The molecule has 0 amide bonds. The summed E-state index contributed by atoms with van der Waals surface area (Å²) in [5.74, 6) is 4.46. The molecule has 0 nitrogen and oxygen atoms in total. The van der Waals surface area contributed by atoms with E-state index < -0.39 is 7.92 Å². The van der Waals surface area contributed by atoms with Crippen LogP contribution in [0.25, 0.3) is 0 Å². The summed E-state index contributed by atoms with van der Waals surface area (Å²) in [5.41, 5.74) is 1.84. The van der Waals surface area contributed by atoms with Crippen molar-refractivity contribution in [1.29, 1.82) is 0 Å². The molecule has 0 bridgehead atoms. The molecule has 0 radical (unpaired) electrons. The molecule has 0 atom stereocenters. The zero-order valence-corrected chi connectivity index (χ0v) is 17.4. The lowest BCUT2D eigenvalue weighted by Crippen LogP contribution is -2.20. The quantitative estimate of drug-likeness (QED) is 0.485. The van der Waals surface area contributed by atoms with E-state index in [1.807, 2.05) is 5.57 Å². The van der Waals surface area contributed by atoms with Crippen LogP contribution in [-0.2, 0) is 0 Å². The van der Waals surface area contributed by atoms with Crippen molar-refractivity contribution < 1.29 is 0 Å². The summed E-state index contributed by atoms with van der Waals surface area (Å²) in [4.78, 5) is 0. The van der Waals surface area contributed by atoms with Crippen LogP contribution in [0.2, 0.25) is 0 Å². The predicted molar refractivity (Wildman–Crippen MR) is 120 cm³/mol. The minimum atomic E-state index is -0.402. The summed E-state index contributed by atoms with van der Waals surface area (Å²) in [7, 11) is -0.402. The average molecular weight is 377 g/mol. The third-order valence-corrected chi connectivity index (χ3v) is 8.77. The summed E-state index contributed by atoms with van der Waals surface area (Å²) in [6.07, 6.45) is 14.3. The van der Waals surface area contributed by atoms with Gasteiger partial charge in [-0.1, -0.05) is 111 Å². The Balaban J connectivity index is 1.73. The summed E-state index contributed by atoms with van der Waals surface area (Å²) in [5, 5.41) is 3.01. The van der Waals surface area contributed by atoms with Crippen LogP contribution in [0, 0.1) is 11.8 Å². The Bertz CT molecular complexity index is 647. The van der Waals surface area contributed by atoms with Crippen LogP contribution in [-0.4, -0.2) is 0 Å². The average Bonchev–Trinajstić information content (AvgIpc) is 2.77. The van der Waals surface area contributed by atoms with E-state index in [9.17, 15) is 0 Å². The van der Waals surface area contributed by atoms with Gasteiger partial charge in [-0.2, -0.15) is 0 Å². The molecule has 4 rings (SSSR count). The summed E-state index contributed by atoms with van der Waals surface area (Å²) in [6, 6.07) is 22.5. The second kappa shape index (κ2) is 9.70. The van der Waals surface area contributed by atoms with Crippen LogP contribution in [0.15, 0.2) is 72.1 Å². The van der Waals surface area contributed by atoms with E-state index in [2.05, 4.69) is 66.5 Å². The van der Waals surface area contributed by atoms with Crippen molar-refractivity contribution in [3.63, 3.8) is 0 Å². The highest BCUT2D eigenvalue weighted by Gasteiger charge is 2.27. The molecule has 0 aromatic heterocycles. The molecular formula is C26H33P. The SMILES string of the molecule is C(=C(C1CCCCC1)C1CCCCC1)P(c1ccccc1)c1ccccc1. The van der Waals surface area contributed by atoms with Gasteiger partial charge in [0.2, 0.25) is 0 Å². The maximum atomic E-state index is 2.77. The fourth-order valence-corrected chi connectivity index (χ4v) is 7.34. The summed E-state index contributed by atoms with van der Waals surface area (Å²) < 4.78 is 0. The van der Waals surface area contributed by atoms with E-state index >= 15 is 0 Å². The first-order valence-corrected chi connectivity index (χ1v) is 12.4. The highest BCUT2D eigenvalue weighted by molar-refractivity contribution is 7.75. The zero-order chi connectivity index (χ0) is 18.3. The lowest BCUT2D eigenvalue weighted by Gasteiger charge is -2.33. The number of rotatable bonds is 5. The van der Waals surface area contributed by atoms with Gasteiger partial charge >= 0.3 is 0 Å². The first-order chi connectivity index (χ1) is 13.4. The van der Waals surface area contributed by atoms with Gasteiger partial charge in [0.05, 0.1) is 0 Å². The van der Waals surface area contributed by atoms with Crippen molar-refractivity contribution in [2.24, 2.45) is 11.8 Å². The Hall–Kier alpha value is -1.39.